The van der Waals surface area contributed by atoms with Gasteiger partial charge in [-0.2, -0.15) is 0 Å². The predicted molar refractivity (Wildman–Crippen MR) is 48.7 cm³/mol. The van der Waals surface area contributed by atoms with E-state index in [4.69, 9.17) is 4.55 Å². The van der Waals surface area contributed by atoms with E-state index >= 15 is 0 Å². The molecule has 1 N–H and O–H groups in total. The van der Waals surface area contributed by atoms with Crippen LogP contribution in [0, 0.1) is 0 Å². The second kappa shape index (κ2) is 4.71. The second-order valence-corrected chi connectivity index (χ2v) is 3.49. The first kappa shape index (κ1) is 12.8. The summed E-state index contributed by atoms with van der Waals surface area (Å²) in [6, 6.07) is 3.41. The summed E-state index contributed by atoms with van der Waals surface area (Å²) in [4.78, 5) is -0.553. The van der Waals surface area contributed by atoms with Gasteiger partial charge in [0.25, 0.3) is 0 Å². The van der Waals surface area contributed by atoms with Crippen LogP contribution >= 0.6 is 0 Å². The minimum atomic E-state index is -4.93. The van der Waals surface area contributed by atoms with E-state index in [2.05, 4.69) is 9.47 Å². The highest BCUT2D eigenvalue weighted by atomic mass is 32.2. The molecule has 1 aromatic carbocycles. The molecule has 1 rings (SSSR count). The first-order chi connectivity index (χ1) is 7.35. The second-order valence-electron chi connectivity index (χ2n) is 2.58. The summed E-state index contributed by atoms with van der Waals surface area (Å²) in [7, 11) is 1.17. The molecule has 16 heavy (non-hydrogen) atoms. The Morgan fingerprint density at radius 1 is 1.31 bits per heavy atom. The third-order valence-corrected chi connectivity index (χ3v) is 2.31. The van der Waals surface area contributed by atoms with Crippen molar-refractivity contribution >= 4 is 11.1 Å². The van der Waals surface area contributed by atoms with Gasteiger partial charge in [0.05, 0.1) is 7.11 Å². The van der Waals surface area contributed by atoms with Crippen molar-refractivity contribution in [3.05, 3.63) is 18.2 Å². The number of alkyl halides is 3. The van der Waals surface area contributed by atoms with Crippen LogP contribution in [0.25, 0.3) is 0 Å². The minimum absolute atomic E-state index is 0.150. The number of benzene rings is 1. The third kappa shape index (κ3) is 3.11. The quantitative estimate of drug-likeness (QED) is 0.842. The standard InChI is InChI=1S/C8H7F3O4S/c1-14-5-3-2-4-6(7(5)16(12)13)15-8(9,10)11/h2-4H,1H3,(H,12,13). The zero-order valence-corrected chi connectivity index (χ0v) is 8.76. The molecule has 8 heteroatoms. The van der Waals surface area contributed by atoms with Gasteiger partial charge < -0.3 is 14.0 Å². The normalized spacial score (nSPS) is 13.3. The minimum Gasteiger partial charge on any atom is -0.495 e. The summed E-state index contributed by atoms with van der Waals surface area (Å²) in [5.41, 5.74) is 0. The van der Waals surface area contributed by atoms with Crippen LogP contribution in [0.1, 0.15) is 0 Å². The highest BCUT2D eigenvalue weighted by Crippen LogP contribution is 2.34. The smallest absolute Gasteiger partial charge is 0.495 e. The third-order valence-electron chi connectivity index (χ3n) is 1.56. The molecule has 4 nitrogen and oxygen atoms in total. The van der Waals surface area contributed by atoms with Crippen molar-refractivity contribution in [3.63, 3.8) is 0 Å². The maximum atomic E-state index is 12.0. The van der Waals surface area contributed by atoms with Crippen molar-refractivity contribution in [1.82, 2.24) is 0 Å². The zero-order valence-electron chi connectivity index (χ0n) is 7.95. The Hall–Kier alpha value is -1.28. The van der Waals surface area contributed by atoms with E-state index in [0.29, 0.717) is 0 Å². The van der Waals surface area contributed by atoms with Crippen LogP contribution in [0.5, 0.6) is 11.5 Å². The van der Waals surface area contributed by atoms with Gasteiger partial charge >= 0.3 is 6.36 Å². The van der Waals surface area contributed by atoms with Crippen LogP contribution in [-0.2, 0) is 11.1 Å². The fraction of sp³-hybridized carbons (Fsp3) is 0.250. The molecule has 0 fully saturated rings. The Kier molecular flexibility index (Phi) is 3.76. The van der Waals surface area contributed by atoms with Gasteiger partial charge in [-0.15, -0.1) is 13.2 Å². The maximum absolute atomic E-state index is 12.0. The first-order valence-corrected chi connectivity index (χ1v) is 4.99. The molecular formula is C8H7F3O4S. The van der Waals surface area contributed by atoms with E-state index in [0.717, 1.165) is 6.07 Å². The number of rotatable bonds is 3. The Balaban J connectivity index is 3.22. The van der Waals surface area contributed by atoms with Gasteiger partial charge in [0.1, 0.15) is 5.75 Å². The molecule has 0 heterocycles. The number of ether oxygens (including phenoxy) is 2. The largest absolute Gasteiger partial charge is 0.573 e. The Morgan fingerprint density at radius 3 is 2.31 bits per heavy atom. The molecule has 0 aromatic heterocycles. The number of hydrogen-bond acceptors (Lipinski definition) is 3. The van der Waals surface area contributed by atoms with E-state index < -0.39 is 28.1 Å². The molecule has 1 aromatic rings. The average molecular weight is 256 g/mol. The monoisotopic (exact) mass is 256 g/mol. The summed E-state index contributed by atoms with van der Waals surface area (Å²) in [5.74, 6) is -0.907. The summed E-state index contributed by atoms with van der Waals surface area (Å²) >= 11 is -2.64. The molecule has 0 radical (unpaired) electrons. The predicted octanol–water partition coefficient (Wildman–Crippen LogP) is 2.17. The number of halogens is 3. The molecule has 0 aliphatic carbocycles. The lowest BCUT2D eigenvalue weighted by Gasteiger charge is -2.13. The van der Waals surface area contributed by atoms with Crippen LogP contribution in [0.15, 0.2) is 23.1 Å². The van der Waals surface area contributed by atoms with Crippen molar-refractivity contribution in [3.8, 4) is 11.5 Å². The Labute approximate surface area is 91.3 Å². The molecule has 0 saturated heterocycles. The summed E-state index contributed by atoms with van der Waals surface area (Å²) in [6.45, 7) is 0. The van der Waals surface area contributed by atoms with E-state index in [-0.39, 0.29) is 5.75 Å². The fourth-order valence-corrected chi connectivity index (χ4v) is 1.64. The van der Waals surface area contributed by atoms with Gasteiger partial charge in [0.15, 0.2) is 21.7 Å². The van der Waals surface area contributed by atoms with Crippen molar-refractivity contribution in [1.29, 1.82) is 0 Å². The van der Waals surface area contributed by atoms with Crippen molar-refractivity contribution < 1.29 is 31.4 Å². The molecule has 0 spiro atoms. The zero-order chi connectivity index (χ0) is 12.3. The van der Waals surface area contributed by atoms with E-state index in [1.165, 1.54) is 19.2 Å². The molecule has 0 saturated carbocycles. The van der Waals surface area contributed by atoms with Crippen LogP contribution in [0.4, 0.5) is 13.2 Å². The highest BCUT2D eigenvalue weighted by molar-refractivity contribution is 7.79. The molecule has 90 valence electrons. The van der Waals surface area contributed by atoms with Crippen LogP contribution < -0.4 is 9.47 Å². The molecule has 0 bridgehead atoms. The first-order valence-electron chi connectivity index (χ1n) is 3.88. The SMILES string of the molecule is COc1cccc(OC(F)(F)F)c1S(=O)O. The summed E-state index contributed by atoms with van der Waals surface area (Å²) < 4.78 is 63.9. The lowest BCUT2D eigenvalue weighted by atomic mass is 10.3. The van der Waals surface area contributed by atoms with Crippen molar-refractivity contribution in [2.24, 2.45) is 0 Å². The van der Waals surface area contributed by atoms with Crippen LogP contribution in [0.2, 0.25) is 0 Å². The Bertz CT molecular complexity index is 405. The topological polar surface area (TPSA) is 55.8 Å². The molecule has 0 aliphatic heterocycles. The van der Waals surface area contributed by atoms with Gasteiger partial charge in [-0.3, -0.25) is 0 Å². The summed E-state index contributed by atoms with van der Waals surface area (Å²) in [5, 5.41) is 0. The fourth-order valence-electron chi connectivity index (χ4n) is 1.03. The summed E-state index contributed by atoms with van der Waals surface area (Å²) in [6.07, 6.45) is -4.93. The number of hydrogen-bond donors (Lipinski definition) is 1. The van der Waals surface area contributed by atoms with Gasteiger partial charge in [0.2, 0.25) is 0 Å². The highest BCUT2D eigenvalue weighted by Gasteiger charge is 2.33. The lowest BCUT2D eigenvalue weighted by molar-refractivity contribution is -0.275. The van der Waals surface area contributed by atoms with E-state index in [1.54, 1.807) is 0 Å². The van der Waals surface area contributed by atoms with Crippen LogP contribution in [-0.4, -0.2) is 22.2 Å². The van der Waals surface area contributed by atoms with Crippen LogP contribution in [0.3, 0.4) is 0 Å². The van der Waals surface area contributed by atoms with Gasteiger partial charge in [-0.25, -0.2) is 4.21 Å². The van der Waals surface area contributed by atoms with Crippen molar-refractivity contribution in [2.45, 2.75) is 11.3 Å². The van der Waals surface area contributed by atoms with Gasteiger partial charge in [-0.05, 0) is 12.1 Å². The van der Waals surface area contributed by atoms with E-state index in [1.807, 2.05) is 0 Å². The Morgan fingerprint density at radius 2 is 1.88 bits per heavy atom. The number of methoxy groups -OCH3 is 1. The average Bonchev–Trinajstić information content (AvgIpc) is 2.14. The van der Waals surface area contributed by atoms with Gasteiger partial charge in [0, 0.05) is 0 Å². The molecule has 1 unspecified atom stereocenters. The van der Waals surface area contributed by atoms with Crippen molar-refractivity contribution in [2.75, 3.05) is 7.11 Å². The molecule has 0 amide bonds. The molecule has 0 aliphatic rings. The van der Waals surface area contributed by atoms with E-state index in [9.17, 15) is 17.4 Å². The molecule has 1 atom stereocenters. The van der Waals surface area contributed by atoms with Gasteiger partial charge in [-0.1, -0.05) is 6.07 Å². The molecular weight excluding hydrogens is 249 g/mol. The maximum Gasteiger partial charge on any atom is 0.573 e. The lowest BCUT2D eigenvalue weighted by Crippen LogP contribution is -2.18.